The molecule has 3 heteroatoms. The number of piperazine rings is 1. The fraction of sp³-hybridized carbons (Fsp3) is 0.500. The summed E-state index contributed by atoms with van der Waals surface area (Å²) in [7, 11) is 0. The van der Waals surface area contributed by atoms with Crippen LogP contribution in [0.2, 0.25) is 0 Å². The highest BCUT2D eigenvalue weighted by Crippen LogP contribution is 2.14. The van der Waals surface area contributed by atoms with Crippen LogP contribution in [0.5, 0.6) is 0 Å². The zero-order valence-electron chi connectivity index (χ0n) is 6.29. The van der Waals surface area contributed by atoms with Gasteiger partial charge in [-0.15, -0.1) is 0 Å². The Hall–Kier alpha value is -0.800. The molecule has 1 radical (unpaired) electrons. The Bertz CT molecular complexity index is 202. The normalized spacial score (nSPS) is 25.3. The predicted octanol–water partition coefficient (Wildman–Crippen LogP) is 0.528. The molecule has 1 saturated heterocycles. The van der Waals surface area contributed by atoms with Crippen molar-refractivity contribution in [1.82, 2.24) is 10.6 Å². The van der Waals surface area contributed by atoms with Crippen LogP contribution in [0.4, 0.5) is 0 Å². The molecule has 2 heterocycles. The van der Waals surface area contributed by atoms with E-state index in [1.807, 2.05) is 12.1 Å². The highest BCUT2D eigenvalue weighted by atomic mass is 16.3. The SMILES string of the molecule is c1coc(C2CNCC[N]2)c1. The highest BCUT2D eigenvalue weighted by molar-refractivity contribution is 5.05. The molecule has 0 aliphatic carbocycles. The standard InChI is InChI=1S/C8H11N2O/c1-2-8(11-5-1)7-6-9-3-4-10-7/h1-2,5,7,9H,3-4,6H2. The van der Waals surface area contributed by atoms with Crippen LogP contribution in [-0.2, 0) is 0 Å². The van der Waals surface area contributed by atoms with Gasteiger partial charge in [0.1, 0.15) is 5.76 Å². The van der Waals surface area contributed by atoms with Crippen LogP contribution >= 0.6 is 0 Å². The monoisotopic (exact) mass is 151 g/mol. The minimum Gasteiger partial charge on any atom is -0.468 e. The van der Waals surface area contributed by atoms with Crippen LogP contribution in [-0.4, -0.2) is 19.6 Å². The number of nitrogens with zero attached hydrogens (tertiary/aromatic N) is 1. The lowest BCUT2D eigenvalue weighted by molar-refractivity contribution is 0.357. The van der Waals surface area contributed by atoms with E-state index in [0.29, 0.717) is 0 Å². The van der Waals surface area contributed by atoms with E-state index in [2.05, 4.69) is 10.6 Å². The van der Waals surface area contributed by atoms with Gasteiger partial charge in [0.2, 0.25) is 0 Å². The second-order valence-corrected chi connectivity index (χ2v) is 2.64. The Morgan fingerprint density at radius 1 is 1.64 bits per heavy atom. The fourth-order valence-corrected chi connectivity index (χ4v) is 1.27. The van der Waals surface area contributed by atoms with E-state index in [9.17, 15) is 0 Å². The zero-order valence-corrected chi connectivity index (χ0v) is 6.29. The fourth-order valence-electron chi connectivity index (χ4n) is 1.27. The average Bonchev–Trinajstić information content (AvgIpc) is 2.58. The third-order valence-corrected chi connectivity index (χ3v) is 1.85. The lowest BCUT2D eigenvalue weighted by Gasteiger charge is -2.20. The number of rotatable bonds is 1. The minimum atomic E-state index is 0.235. The summed E-state index contributed by atoms with van der Waals surface area (Å²) in [5, 5.41) is 7.68. The molecule has 1 fully saturated rings. The van der Waals surface area contributed by atoms with Gasteiger partial charge in [0, 0.05) is 19.6 Å². The maximum absolute atomic E-state index is 5.24. The maximum Gasteiger partial charge on any atom is 0.123 e. The average molecular weight is 151 g/mol. The van der Waals surface area contributed by atoms with Crippen LogP contribution in [0.25, 0.3) is 0 Å². The second-order valence-electron chi connectivity index (χ2n) is 2.64. The first-order valence-electron chi connectivity index (χ1n) is 3.87. The maximum atomic E-state index is 5.24. The summed E-state index contributed by atoms with van der Waals surface area (Å²) in [5.74, 6) is 0.970. The molecule has 1 aliphatic heterocycles. The first-order valence-corrected chi connectivity index (χ1v) is 3.87. The van der Waals surface area contributed by atoms with Gasteiger partial charge < -0.3 is 9.73 Å². The third kappa shape index (κ3) is 1.44. The van der Waals surface area contributed by atoms with Gasteiger partial charge in [-0.05, 0) is 12.1 Å². The summed E-state index contributed by atoms with van der Waals surface area (Å²) < 4.78 is 5.24. The molecular formula is C8H11N2O. The van der Waals surface area contributed by atoms with Crippen molar-refractivity contribution in [1.29, 1.82) is 0 Å². The lowest BCUT2D eigenvalue weighted by atomic mass is 10.2. The van der Waals surface area contributed by atoms with Crippen molar-refractivity contribution in [2.75, 3.05) is 19.6 Å². The topological polar surface area (TPSA) is 39.3 Å². The summed E-state index contributed by atoms with van der Waals surface area (Å²) in [6.07, 6.45) is 1.69. The molecule has 1 unspecified atom stereocenters. The summed E-state index contributed by atoms with van der Waals surface area (Å²) in [6.45, 7) is 2.80. The number of hydrogen-bond acceptors (Lipinski definition) is 2. The predicted molar refractivity (Wildman–Crippen MR) is 41.3 cm³/mol. The van der Waals surface area contributed by atoms with Gasteiger partial charge in [-0.2, -0.15) is 0 Å². The first-order chi connectivity index (χ1) is 5.47. The molecule has 0 aromatic carbocycles. The van der Waals surface area contributed by atoms with Crippen molar-refractivity contribution in [3.63, 3.8) is 0 Å². The van der Waals surface area contributed by atoms with Gasteiger partial charge in [-0.25, -0.2) is 5.32 Å². The van der Waals surface area contributed by atoms with Crippen molar-refractivity contribution < 1.29 is 4.42 Å². The summed E-state index contributed by atoms with van der Waals surface area (Å²) >= 11 is 0. The smallest absolute Gasteiger partial charge is 0.123 e. The van der Waals surface area contributed by atoms with Gasteiger partial charge in [0.25, 0.3) is 0 Å². The van der Waals surface area contributed by atoms with Gasteiger partial charge in [0.05, 0.1) is 12.3 Å². The van der Waals surface area contributed by atoms with E-state index in [1.54, 1.807) is 6.26 Å². The number of nitrogens with one attached hydrogen (secondary N) is 1. The molecule has 1 N–H and O–H groups in total. The van der Waals surface area contributed by atoms with E-state index >= 15 is 0 Å². The van der Waals surface area contributed by atoms with E-state index in [1.165, 1.54) is 0 Å². The quantitative estimate of drug-likeness (QED) is 0.635. The molecule has 59 valence electrons. The Morgan fingerprint density at radius 2 is 2.64 bits per heavy atom. The first kappa shape index (κ1) is 6.88. The molecule has 0 bridgehead atoms. The molecule has 1 aromatic heterocycles. The van der Waals surface area contributed by atoms with Crippen LogP contribution in [0.3, 0.4) is 0 Å². The Morgan fingerprint density at radius 3 is 3.27 bits per heavy atom. The second kappa shape index (κ2) is 3.07. The molecule has 11 heavy (non-hydrogen) atoms. The molecule has 0 saturated carbocycles. The van der Waals surface area contributed by atoms with Crippen molar-refractivity contribution in [2.45, 2.75) is 6.04 Å². The minimum absolute atomic E-state index is 0.235. The van der Waals surface area contributed by atoms with E-state index < -0.39 is 0 Å². The zero-order chi connectivity index (χ0) is 7.52. The number of furan rings is 1. The van der Waals surface area contributed by atoms with Crippen molar-refractivity contribution >= 4 is 0 Å². The van der Waals surface area contributed by atoms with E-state index in [-0.39, 0.29) is 6.04 Å². The third-order valence-electron chi connectivity index (χ3n) is 1.85. The molecular weight excluding hydrogens is 140 g/mol. The molecule has 3 nitrogen and oxygen atoms in total. The molecule has 0 amide bonds. The van der Waals surface area contributed by atoms with Gasteiger partial charge in [0.15, 0.2) is 0 Å². The summed E-state index contributed by atoms with van der Waals surface area (Å²) in [4.78, 5) is 0. The summed E-state index contributed by atoms with van der Waals surface area (Å²) in [6, 6.07) is 4.11. The summed E-state index contributed by atoms with van der Waals surface area (Å²) in [5.41, 5.74) is 0. The van der Waals surface area contributed by atoms with Gasteiger partial charge >= 0.3 is 0 Å². The van der Waals surface area contributed by atoms with Crippen LogP contribution < -0.4 is 10.6 Å². The van der Waals surface area contributed by atoms with Crippen molar-refractivity contribution in [2.24, 2.45) is 0 Å². The van der Waals surface area contributed by atoms with Crippen molar-refractivity contribution in [3.05, 3.63) is 24.2 Å². The Balaban J connectivity index is 2.04. The Kier molecular flexibility index (Phi) is 1.92. The molecule has 1 aliphatic rings. The molecule has 0 spiro atoms. The molecule has 1 aromatic rings. The largest absolute Gasteiger partial charge is 0.468 e. The molecule has 2 rings (SSSR count). The van der Waals surface area contributed by atoms with Crippen molar-refractivity contribution in [3.8, 4) is 0 Å². The van der Waals surface area contributed by atoms with Crippen LogP contribution in [0.15, 0.2) is 22.8 Å². The molecule has 1 atom stereocenters. The van der Waals surface area contributed by atoms with Gasteiger partial charge in [-0.3, -0.25) is 0 Å². The van der Waals surface area contributed by atoms with E-state index in [0.717, 1.165) is 25.4 Å². The van der Waals surface area contributed by atoms with E-state index in [4.69, 9.17) is 4.42 Å². The lowest BCUT2D eigenvalue weighted by Crippen LogP contribution is -2.38. The van der Waals surface area contributed by atoms with Gasteiger partial charge in [-0.1, -0.05) is 0 Å². The van der Waals surface area contributed by atoms with Crippen LogP contribution in [0, 0.1) is 0 Å². The van der Waals surface area contributed by atoms with Crippen LogP contribution in [0.1, 0.15) is 11.8 Å². The number of hydrogen-bond donors (Lipinski definition) is 1. The highest BCUT2D eigenvalue weighted by Gasteiger charge is 2.17. The Labute approximate surface area is 65.8 Å².